The third-order valence-electron chi connectivity index (χ3n) is 3.21. The number of nitrogens with one attached hydrogen (secondary N) is 3. The Hall–Kier alpha value is -2.48. The normalized spacial score (nSPS) is 11.2. The van der Waals surface area contributed by atoms with Gasteiger partial charge < -0.3 is 16.0 Å². The number of carbonyl (C=O) groups is 1. The van der Waals surface area contributed by atoms with Crippen LogP contribution in [0, 0.1) is 0 Å². The molecular weight excluding hydrogens is 324 g/mol. The molecule has 2 rings (SSSR count). The number of aryl methyl sites for hydroxylation is 1. The quantitative estimate of drug-likeness (QED) is 0.398. The van der Waals surface area contributed by atoms with Gasteiger partial charge in [-0.3, -0.25) is 14.8 Å². The zero-order chi connectivity index (χ0) is 17.2. The molecule has 0 spiro atoms. The topological polar surface area (TPSA) is 91.3 Å². The number of hydrogen-bond acceptors (Lipinski definition) is 5. The smallest absolute Gasteiger partial charge is 0.252 e. The van der Waals surface area contributed by atoms with Crippen molar-refractivity contribution >= 4 is 23.2 Å². The minimum atomic E-state index is -0.136. The standard InChI is InChI=1S/C16H22N6OS/c1-3-13-10-21-14(24-13)11-22-16(17-2)20-8-7-19-15(23)12-5-4-6-18-9-12/h4-6,9-10H,3,7-8,11H2,1-2H3,(H,19,23)(H2,17,20,22). The van der Waals surface area contributed by atoms with E-state index in [4.69, 9.17) is 0 Å². The number of pyridine rings is 1. The van der Waals surface area contributed by atoms with Crippen LogP contribution in [0.5, 0.6) is 0 Å². The van der Waals surface area contributed by atoms with E-state index in [0.717, 1.165) is 11.4 Å². The molecule has 0 aliphatic rings. The van der Waals surface area contributed by atoms with E-state index >= 15 is 0 Å². The van der Waals surface area contributed by atoms with Crippen LogP contribution in [0.3, 0.4) is 0 Å². The number of guanidine groups is 1. The summed E-state index contributed by atoms with van der Waals surface area (Å²) in [5, 5.41) is 10.2. The molecule has 1 amide bonds. The minimum Gasteiger partial charge on any atom is -0.355 e. The summed E-state index contributed by atoms with van der Waals surface area (Å²) in [6, 6.07) is 3.47. The molecule has 0 saturated carbocycles. The first-order chi connectivity index (χ1) is 11.7. The molecule has 2 aromatic heterocycles. The average Bonchev–Trinajstić information content (AvgIpc) is 3.09. The third kappa shape index (κ3) is 5.62. The molecule has 3 N–H and O–H groups in total. The van der Waals surface area contributed by atoms with Crippen molar-refractivity contribution in [2.24, 2.45) is 4.99 Å². The molecule has 128 valence electrons. The molecule has 24 heavy (non-hydrogen) atoms. The van der Waals surface area contributed by atoms with E-state index in [9.17, 15) is 4.79 Å². The minimum absolute atomic E-state index is 0.136. The van der Waals surface area contributed by atoms with Crippen molar-refractivity contribution in [1.82, 2.24) is 25.9 Å². The Morgan fingerprint density at radius 1 is 1.25 bits per heavy atom. The van der Waals surface area contributed by atoms with E-state index in [1.54, 1.807) is 42.9 Å². The number of thiazole rings is 1. The van der Waals surface area contributed by atoms with Crippen LogP contribution in [0.2, 0.25) is 0 Å². The molecule has 0 atom stereocenters. The van der Waals surface area contributed by atoms with Gasteiger partial charge in [0.1, 0.15) is 5.01 Å². The summed E-state index contributed by atoms with van der Waals surface area (Å²) in [4.78, 5) is 25.6. The fourth-order valence-corrected chi connectivity index (χ4v) is 2.73. The van der Waals surface area contributed by atoms with Crippen molar-refractivity contribution in [3.05, 3.63) is 46.2 Å². The maximum atomic E-state index is 11.9. The van der Waals surface area contributed by atoms with Crippen LogP contribution < -0.4 is 16.0 Å². The second-order valence-electron chi connectivity index (χ2n) is 4.92. The Morgan fingerprint density at radius 2 is 2.08 bits per heavy atom. The van der Waals surface area contributed by atoms with Gasteiger partial charge in [-0.2, -0.15) is 0 Å². The highest BCUT2D eigenvalue weighted by atomic mass is 32.1. The molecule has 0 aliphatic carbocycles. The van der Waals surface area contributed by atoms with Gasteiger partial charge in [0.05, 0.1) is 12.1 Å². The fraction of sp³-hybridized carbons (Fsp3) is 0.375. The zero-order valence-electron chi connectivity index (χ0n) is 13.9. The maximum absolute atomic E-state index is 11.9. The van der Waals surface area contributed by atoms with Gasteiger partial charge in [-0.05, 0) is 18.6 Å². The molecule has 0 aromatic carbocycles. The molecule has 2 aromatic rings. The van der Waals surface area contributed by atoms with Crippen LogP contribution in [-0.2, 0) is 13.0 Å². The molecule has 0 fully saturated rings. The Morgan fingerprint density at radius 3 is 2.75 bits per heavy atom. The monoisotopic (exact) mass is 346 g/mol. The predicted molar refractivity (Wildman–Crippen MR) is 96.3 cm³/mol. The summed E-state index contributed by atoms with van der Waals surface area (Å²) in [5.41, 5.74) is 0.551. The van der Waals surface area contributed by atoms with Gasteiger partial charge >= 0.3 is 0 Å². The van der Waals surface area contributed by atoms with Crippen LogP contribution in [0.1, 0.15) is 27.2 Å². The van der Waals surface area contributed by atoms with Gasteiger partial charge in [-0.25, -0.2) is 4.98 Å². The number of hydrogen-bond donors (Lipinski definition) is 3. The predicted octanol–water partition coefficient (Wildman–Crippen LogP) is 1.20. The van der Waals surface area contributed by atoms with Crippen LogP contribution in [0.15, 0.2) is 35.7 Å². The van der Waals surface area contributed by atoms with Gasteiger partial charge in [-0.15, -0.1) is 11.3 Å². The molecule has 0 saturated heterocycles. The third-order valence-corrected chi connectivity index (χ3v) is 4.35. The van der Waals surface area contributed by atoms with Gasteiger partial charge in [0.2, 0.25) is 0 Å². The number of amides is 1. The lowest BCUT2D eigenvalue weighted by Gasteiger charge is -2.11. The first-order valence-electron chi connectivity index (χ1n) is 7.79. The van der Waals surface area contributed by atoms with E-state index in [-0.39, 0.29) is 5.91 Å². The Bertz CT molecular complexity index is 670. The van der Waals surface area contributed by atoms with Crippen molar-refractivity contribution < 1.29 is 4.79 Å². The maximum Gasteiger partial charge on any atom is 0.252 e. The molecule has 0 radical (unpaired) electrons. The van der Waals surface area contributed by atoms with E-state index < -0.39 is 0 Å². The first kappa shape index (κ1) is 17.9. The molecule has 7 nitrogen and oxygen atoms in total. The number of aliphatic imine (C=N–C) groups is 1. The number of nitrogens with zero attached hydrogens (tertiary/aromatic N) is 3. The van der Waals surface area contributed by atoms with E-state index in [1.807, 2.05) is 6.20 Å². The van der Waals surface area contributed by atoms with Crippen molar-refractivity contribution in [2.75, 3.05) is 20.1 Å². The lowest BCUT2D eigenvalue weighted by atomic mass is 10.3. The van der Waals surface area contributed by atoms with Crippen LogP contribution in [0.4, 0.5) is 0 Å². The summed E-state index contributed by atoms with van der Waals surface area (Å²) in [7, 11) is 1.71. The highest BCUT2D eigenvalue weighted by Gasteiger charge is 2.05. The molecule has 0 unspecified atom stereocenters. The van der Waals surface area contributed by atoms with Crippen molar-refractivity contribution in [2.45, 2.75) is 19.9 Å². The molecule has 0 aliphatic heterocycles. The SMILES string of the molecule is CCc1cnc(CNC(=NC)NCCNC(=O)c2cccnc2)s1. The Kier molecular flexibility index (Phi) is 7.16. The van der Waals surface area contributed by atoms with E-state index in [1.165, 1.54) is 4.88 Å². The number of aromatic nitrogens is 2. The number of carbonyl (C=O) groups excluding carboxylic acids is 1. The van der Waals surface area contributed by atoms with Gasteiger partial charge in [-0.1, -0.05) is 6.92 Å². The Labute approximate surface area is 145 Å². The summed E-state index contributed by atoms with van der Waals surface area (Å²) in [5.74, 6) is 0.543. The average molecular weight is 346 g/mol. The molecule has 8 heteroatoms. The lowest BCUT2D eigenvalue weighted by Crippen LogP contribution is -2.41. The van der Waals surface area contributed by atoms with E-state index in [2.05, 4.69) is 37.8 Å². The van der Waals surface area contributed by atoms with Crippen LogP contribution >= 0.6 is 11.3 Å². The molecular formula is C16H22N6OS. The van der Waals surface area contributed by atoms with Crippen molar-refractivity contribution in [3.8, 4) is 0 Å². The number of rotatable bonds is 7. The van der Waals surface area contributed by atoms with Crippen molar-refractivity contribution in [3.63, 3.8) is 0 Å². The summed E-state index contributed by atoms with van der Waals surface area (Å²) >= 11 is 1.70. The largest absolute Gasteiger partial charge is 0.355 e. The van der Waals surface area contributed by atoms with Gasteiger partial charge in [0, 0.05) is 43.6 Å². The highest BCUT2D eigenvalue weighted by Crippen LogP contribution is 2.12. The Balaban J connectivity index is 1.67. The van der Waals surface area contributed by atoms with Crippen LogP contribution in [-0.4, -0.2) is 42.0 Å². The second kappa shape index (κ2) is 9.61. The van der Waals surface area contributed by atoms with Gasteiger partial charge in [0.15, 0.2) is 5.96 Å². The highest BCUT2D eigenvalue weighted by molar-refractivity contribution is 7.11. The zero-order valence-corrected chi connectivity index (χ0v) is 14.7. The lowest BCUT2D eigenvalue weighted by molar-refractivity contribution is 0.0954. The molecule has 2 heterocycles. The molecule has 0 bridgehead atoms. The second-order valence-corrected chi connectivity index (χ2v) is 6.12. The van der Waals surface area contributed by atoms with E-state index in [0.29, 0.717) is 31.2 Å². The van der Waals surface area contributed by atoms with Gasteiger partial charge in [0.25, 0.3) is 5.91 Å². The summed E-state index contributed by atoms with van der Waals surface area (Å²) in [6.07, 6.45) is 6.09. The summed E-state index contributed by atoms with van der Waals surface area (Å²) in [6.45, 7) is 3.81. The first-order valence-corrected chi connectivity index (χ1v) is 8.61. The fourth-order valence-electron chi connectivity index (χ4n) is 1.93. The van der Waals surface area contributed by atoms with Crippen LogP contribution in [0.25, 0.3) is 0 Å². The van der Waals surface area contributed by atoms with Crippen molar-refractivity contribution in [1.29, 1.82) is 0 Å². The summed E-state index contributed by atoms with van der Waals surface area (Å²) < 4.78 is 0.